The Bertz CT molecular complexity index is 1850. The molecule has 3 aromatic heterocycles. The SMILES string of the molecule is Cn1nc2cc(NS(=O)(=O)c3cnn(-c4cc(=O)cc[nH]4)c3)ccc2c1C(=O)Nc1ccc(F)c(Cl)c1. The van der Waals surface area contributed by atoms with Gasteiger partial charge in [0.2, 0.25) is 0 Å². The summed E-state index contributed by atoms with van der Waals surface area (Å²) in [6.45, 7) is 0. The smallest absolute Gasteiger partial charge is 0.274 e. The summed E-state index contributed by atoms with van der Waals surface area (Å²) in [5, 5.41) is 11.3. The number of nitrogens with zero attached hydrogens (tertiary/aromatic N) is 4. The number of hydrogen-bond donors (Lipinski definition) is 3. The zero-order valence-corrected chi connectivity index (χ0v) is 20.5. The number of aromatic nitrogens is 5. The van der Waals surface area contributed by atoms with Gasteiger partial charge in [-0.3, -0.25) is 19.0 Å². The number of hydrogen-bond acceptors (Lipinski definition) is 6. The van der Waals surface area contributed by atoms with Gasteiger partial charge in [0.25, 0.3) is 15.9 Å². The quantitative estimate of drug-likeness (QED) is 0.301. The van der Waals surface area contributed by atoms with Crippen LogP contribution >= 0.6 is 11.6 Å². The van der Waals surface area contributed by atoms with Crippen molar-refractivity contribution in [2.45, 2.75) is 4.90 Å². The number of benzene rings is 2. The first-order valence-corrected chi connectivity index (χ1v) is 12.5. The number of amides is 1. The molecule has 5 aromatic rings. The van der Waals surface area contributed by atoms with E-state index >= 15 is 0 Å². The van der Waals surface area contributed by atoms with Crippen LogP contribution in [0.3, 0.4) is 0 Å². The minimum absolute atomic E-state index is 0.128. The minimum Gasteiger partial charge on any atom is -0.346 e. The van der Waals surface area contributed by atoms with Gasteiger partial charge in [-0.1, -0.05) is 11.6 Å². The molecule has 0 atom stereocenters. The Kier molecular flexibility index (Phi) is 6.01. The molecule has 0 saturated carbocycles. The maximum atomic E-state index is 13.4. The Morgan fingerprint density at radius 1 is 1.11 bits per heavy atom. The fourth-order valence-corrected chi connectivity index (χ4v) is 4.81. The van der Waals surface area contributed by atoms with Crippen molar-refractivity contribution in [3.05, 3.63) is 93.9 Å². The van der Waals surface area contributed by atoms with Gasteiger partial charge in [0.05, 0.1) is 28.6 Å². The lowest BCUT2D eigenvalue weighted by molar-refractivity contribution is 0.101. The number of halogens is 2. The monoisotopic (exact) mass is 541 g/mol. The van der Waals surface area contributed by atoms with Crippen LogP contribution in [0.15, 0.2) is 76.8 Å². The van der Waals surface area contributed by atoms with Gasteiger partial charge in [0.15, 0.2) is 5.43 Å². The van der Waals surface area contributed by atoms with Gasteiger partial charge in [-0.05, 0) is 36.4 Å². The molecule has 37 heavy (non-hydrogen) atoms. The largest absolute Gasteiger partial charge is 0.346 e. The van der Waals surface area contributed by atoms with Crippen molar-refractivity contribution in [1.82, 2.24) is 24.5 Å². The molecule has 2 aromatic carbocycles. The zero-order chi connectivity index (χ0) is 26.3. The molecule has 0 saturated heterocycles. The van der Waals surface area contributed by atoms with Gasteiger partial charge < -0.3 is 10.3 Å². The third-order valence-corrected chi connectivity index (χ3v) is 6.98. The Hall–Kier alpha value is -4.49. The molecule has 0 radical (unpaired) electrons. The number of rotatable bonds is 6. The lowest BCUT2D eigenvalue weighted by Gasteiger charge is -2.07. The predicted molar refractivity (Wildman–Crippen MR) is 135 cm³/mol. The average Bonchev–Trinajstić information content (AvgIpc) is 3.46. The molecule has 188 valence electrons. The first-order chi connectivity index (χ1) is 17.6. The zero-order valence-electron chi connectivity index (χ0n) is 18.9. The van der Waals surface area contributed by atoms with Crippen LogP contribution in [0.1, 0.15) is 10.5 Å². The Labute approximate surface area is 213 Å². The van der Waals surface area contributed by atoms with Crippen LogP contribution in [0, 0.1) is 5.82 Å². The average molecular weight is 542 g/mol. The van der Waals surface area contributed by atoms with Crippen molar-refractivity contribution in [3.8, 4) is 5.82 Å². The van der Waals surface area contributed by atoms with Gasteiger partial charge >= 0.3 is 0 Å². The van der Waals surface area contributed by atoms with E-state index in [0.717, 1.165) is 12.3 Å². The van der Waals surface area contributed by atoms with E-state index in [-0.39, 0.29) is 26.7 Å². The Balaban J connectivity index is 1.39. The number of sulfonamides is 1. The van der Waals surface area contributed by atoms with E-state index in [1.165, 1.54) is 58.2 Å². The molecule has 0 aliphatic carbocycles. The Morgan fingerprint density at radius 2 is 1.89 bits per heavy atom. The van der Waals surface area contributed by atoms with Crippen LogP contribution in [0.2, 0.25) is 5.02 Å². The molecular formula is C23H17ClFN7O4S. The lowest BCUT2D eigenvalue weighted by Crippen LogP contribution is -2.16. The van der Waals surface area contributed by atoms with Gasteiger partial charge in [-0.25, -0.2) is 17.5 Å². The number of carbonyl (C=O) groups is 1. The first-order valence-electron chi connectivity index (χ1n) is 10.6. The number of aromatic amines is 1. The van der Waals surface area contributed by atoms with Gasteiger partial charge in [-0.2, -0.15) is 10.2 Å². The Morgan fingerprint density at radius 3 is 2.65 bits per heavy atom. The van der Waals surface area contributed by atoms with E-state index < -0.39 is 21.7 Å². The molecule has 0 aliphatic heterocycles. The van der Waals surface area contributed by atoms with Crippen LogP contribution in [-0.4, -0.2) is 38.9 Å². The van der Waals surface area contributed by atoms with Gasteiger partial charge in [0.1, 0.15) is 22.2 Å². The fraction of sp³-hybridized carbons (Fsp3) is 0.0435. The normalized spacial score (nSPS) is 11.5. The van der Waals surface area contributed by atoms with E-state index in [0.29, 0.717) is 22.4 Å². The summed E-state index contributed by atoms with van der Waals surface area (Å²) in [7, 11) is -2.46. The first kappa shape index (κ1) is 24.2. The molecule has 1 amide bonds. The minimum atomic E-state index is -4.03. The molecular weight excluding hydrogens is 525 g/mol. The fourth-order valence-electron chi connectivity index (χ4n) is 3.65. The van der Waals surface area contributed by atoms with Crippen molar-refractivity contribution in [1.29, 1.82) is 0 Å². The van der Waals surface area contributed by atoms with E-state index in [4.69, 9.17) is 11.6 Å². The van der Waals surface area contributed by atoms with Crippen molar-refractivity contribution in [2.24, 2.45) is 7.05 Å². The van der Waals surface area contributed by atoms with E-state index in [2.05, 4.69) is 25.2 Å². The van der Waals surface area contributed by atoms with Crippen LogP contribution in [0.5, 0.6) is 0 Å². The van der Waals surface area contributed by atoms with Crippen molar-refractivity contribution < 1.29 is 17.6 Å². The van der Waals surface area contributed by atoms with Crippen LogP contribution in [0.25, 0.3) is 16.7 Å². The number of carbonyl (C=O) groups excluding carboxylic acids is 1. The lowest BCUT2D eigenvalue weighted by atomic mass is 10.2. The van der Waals surface area contributed by atoms with E-state index in [1.54, 1.807) is 13.1 Å². The van der Waals surface area contributed by atoms with E-state index in [1.807, 2.05) is 0 Å². The van der Waals surface area contributed by atoms with Crippen LogP contribution in [0.4, 0.5) is 15.8 Å². The second-order valence-corrected chi connectivity index (χ2v) is 10.0. The molecule has 3 N–H and O–H groups in total. The summed E-state index contributed by atoms with van der Waals surface area (Å²) >= 11 is 5.78. The summed E-state index contributed by atoms with van der Waals surface area (Å²) < 4.78 is 44.3. The molecule has 5 rings (SSSR count). The number of aryl methyl sites for hydroxylation is 1. The second kappa shape index (κ2) is 9.19. The molecule has 0 bridgehead atoms. The van der Waals surface area contributed by atoms with Crippen molar-refractivity contribution in [2.75, 3.05) is 10.0 Å². The molecule has 0 aliphatic rings. The highest BCUT2D eigenvalue weighted by Crippen LogP contribution is 2.26. The van der Waals surface area contributed by atoms with Gasteiger partial charge in [0, 0.05) is 36.5 Å². The molecule has 0 unspecified atom stereocenters. The van der Waals surface area contributed by atoms with Crippen LogP contribution < -0.4 is 15.5 Å². The maximum Gasteiger partial charge on any atom is 0.274 e. The number of nitrogens with one attached hydrogen (secondary N) is 3. The van der Waals surface area contributed by atoms with Gasteiger partial charge in [-0.15, -0.1) is 0 Å². The van der Waals surface area contributed by atoms with E-state index in [9.17, 15) is 22.4 Å². The summed E-state index contributed by atoms with van der Waals surface area (Å²) in [5.41, 5.74) is 0.828. The third-order valence-electron chi connectivity index (χ3n) is 5.35. The highest BCUT2D eigenvalue weighted by Gasteiger charge is 2.21. The number of H-pyrrole nitrogens is 1. The van der Waals surface area contributed by atoms with Crippen LogP contribution in [-0.2, 0) is 17.1 Å². The molecule has 0 fully saturated rings. The summed E-state index contributed by atoms with van der Waals surface area (Å²) in [5.74, 6) is -0.812. The second-order valence-electron chi connectivity index (χ2n) is 7.92. The standard InChI is InChI=1S/C23H17ClFN7O4S/c1-31-22(23(34)28-13-3-5-19(25)18(24)8-13)17-4-2-14(9-20(17)29-31)30-37(35,36)16-11-27-32(12-16)21-10-15(33)6-7-26-21/h2-12,30H,1H3,(H,26,33)(H,28,34). The molecule has 3 heterocycles. The summed E-state index contributed by atoms with van der Waals surface area (Å²) in [6, 6.07) is 11.0. The highest BCUT2D eigenvalue weighted by atomic mass is 35.5. The number of fused-ring (bicyclic) bond motifs is 1. The third kappa shape index (κ3) is 4.81. The van der Waals surface area contributed by atoms with Crippen molar-refractivity contribution in [3.63, 3.8) is 0 Å². The van der Waals surface area contributed by atoms with Crippen molar-refractivity contribution >= 4 is 49.8 Å². The predicted octanol–water partition coefficient (Wildman–Crippen LogP) is 3.29. The highest BCUT2D eigenvalue weighted by molar-refractivity contribution is 7.92. The molecule has 14 heteroatoms. The summed E-state index contributed by atoms with van der Waals surface area (Å²) in [4.78, 5) is 27.1. The number of pyridine rings is 1. The topological polar surface area (TPSA) is 144 Å². The molecule has 0 spiro atoms. The summed E-state index contributed by atoms with van der Waals surface area (Å²) in [6.07, 6.45) is 3.84. The maximum absolute atomic E-state index is 13.4. The number of anilines is 2. The molecule has 11 nitrogen and oxygen atoms in total.